The second-order valence-electron chi connectivity index (χ2n) is 6.82. The van der Waals surface area contributed by atoms with Gasteiger partial charge in [-0.3, -0.25) is 4.79 Å². The van der Waals surface area contributed by atoms with Gasteiger partial charge in [0.15, 0.2) is 5.65 Å². The lowest BCUT2D eigenvalue weighted by Gasteiger charge is -2.25. The molecule has 1 fully saturated rings. The minimum atomic E-state index is -0.166. The summed E-state index contributed by atoms with van der Waals surface area (Å²) in [6.45, 7) is 1.92. The summed E-state index contributed by atoms with van der Waals surface area (Å²) >= 11 is 0. The van der Waals surface area contributed by atoms with Gasteiger partial charge in [0.25, 0.3) is 5.91 Å². The Hall–Kier alpha value is -3.16. The van der Waals surface area contributed by atoms with Crippen molar-refractivity contribution < 1.29 is 9.53 Å². The number of hydrogen-bond donors (Lipinski definition) is 1. The number of nitrogens with one attached hydrogen (secondary N) is 1. The molecule has 138 valence electrons. The van der Waals surface area contributed by atoms with Crippen molar-refractivity contribution in [2.45, 2.75) is 25.3 Å². The largest absolute Gasteiger partial charge is 0.478 e. The second-order valence-corrected chi connectivity index (χ2v) is 6.82. The first-order valence-electron chi connectivity index (χ1n) is 9.28. The van der Waals surface area contributed by atoms with Crippen LogP contribution in [0.2, 0.25) is 0 Å². The summed E-state index contributed by atoms with van der Waals surface area (Å²) in [5.41, 5.74) is 2.05. The number of aromatic nitrogens is 4. The number of carbonyl (C=O) groups is 1. The number of carbonyl (C=O) groups excluding carboxylic acids is 1. The highest BCUT2D eigenvalue weighted by Crippen LogP contribution is 2.35. The molecule has 1 N–H and O–H groups in total. The van der Waals surface area contributed by atoms with Gasteiger partial charge >= 0.3 is 0 Å². The standard InChI is InChI=1S/C19H20N6O2/c26-19-13-12-21-25-10-7-16(23-18(13)25)24-9-2-5-15(24)14-4-1-6-17(22-14)27-11-3-8-20-19/h1,4,6-7,10,12,15H,2-3,5,8-9,11H2,(H,20,26). The van der Waals surface area contributed by atoms with Gasteiger partial charge in [-0.05, 0) is 31.4 Å². The summed E-state index contributed by atoms with van der Waals surface area (Å²) in [4.78, 5) is 24.3. The van der Waals surface area contributed by atoms with Crippen LogP contribution in [-0.4, -0.2) is 45.2 Å². The minimum absolute atomic E-state index is 0.147. The number of hydrogen-bond acceptors (Lipinski definition) is 6. The van der Waals surface area contributed by atoms with Crippen molar-refractivity contribution in [2.24, 2.45) is 0 Å². The molecule has 3 aromatic heterocycles. The normalized spacial score (nSPS) is 19.9. The molecule has 0 radical (unpaired) electrons. The molecule has 4 bridgehead atoms. The molecule has 5 heterocycles. The van der Waals surface area contributed by atoms with E-state index in [2.05, 4.69) is 15.3 Å². The van der Waals surface area contributed by atoms with Crippen molar-refractivity contribution in [1.82, 2.24) is 24.9 Å². The number of anilines is 1. The predicted octanol–water partition coefficient (Wildman–Crippen LogP) is 1.98. The highest BCUT2D eigenvalue weighted by Gasteiger charge is 2.29. The monoisotopic (exact) mass is 364 g/mol. The Bertz CT molecular complexity index is 1000. The third-order valence-electron chi connectivity index (χ3n) is 5.09. The average Bonchev–Trinajstić information content (AvgIpc) is 3.34. The van der Waals surface area contributed by atoms with E-state index in [-0.39, 0.29) is 11.9 Å². The van der Waals surface area contributed by atoms with Gasteiger partial charge in [0.2, 0.25) is 5.88 Å². The number of fused-ring (bicyclic) bond motifs is 6. The fourth-order valence-electron chi connectivity index (χ4n) is 3.77. The lowest BCUT2D eigenvalue weighted by atomic mass is 10.1. The molecule has 0 aromatic carbocycles. The Kier molecular flexibility index (Phi) is 3.88. The van der Waals surface area contributed by atoms with Crippen molar-refractivity contribution >= 4 is 17.4 Å². The summed E-state index contributed by atoms with van der Waals surface area (Å²) in [7, 11) is 0. The first-order chi connectivity index (χ1) is 13.3. The van der Waals surface area contributed by atoms with Crippen LogP contribution in [0.15, 0.2) is 36.7 Å². The van der Waals surface area contributed by atoms with Gasteiger partial charge in [-0.15, -0.1) is 0 Å². The van der Waals surface area contributed by atoms with E-state index in [1.807, 2.05) is 30.5 Å². The molecule has 8 nitrogen and oxygen atoms in total. The molecule has 1 unspecified atom stereocenters. The smallest absolute Gasteiger partial charge is 0.256 e. The molecular formula is C19H20N6O2. The maximum Gasteiger partial charge on any atom is 0.256 e. The molecule has 1 amide bonds. The first kappa shape index (κ1) is 16.0. The third-order valence-corrected chi connectivity index (χ3v) is 5.09. The zero-order chi connectivity index (χ0) is 18.2. The van der Waals surface area contributed by atoms with Gasteiger partial charge in [0, 0.05) is 25.4 Å². The maximum atomic E-state index is 12.5. The number of nitrogens with zero attached hydrogens (tertiary/aromatic N) is 5. The van der Waals surface area contributed by atoms with Crippen molar-refractivity contribution in [1.29, 1.82) is 0 Å². The summed E-state index contributed by atoms with van der Waals surface area (Å²) in [6, 6.07) is 8.00. The molecule has 2 aliphatic rings. The van der Waals surface area contributed by atoms with Crippen LogP contribution >= 0.6 is 0 Å². The van der Waals surface area contributed by atoms with E-state index in [1.54, 1.807) is 10.7 Å². The van der Waals surface area contributed by atoms with Crippen molar-refractivity contribution in [3.8, 4) is 5.88 Å². The van der Waals surface area contributed by atoms with Gasteiger partial charge in [0.1, 0.15) is 11.4 Å². The molecule has 0 spiro atoms. The fraction of sp³-hybridized carbons (Fsp3) is 0.368. The Labute approximate surface area is 156 Å². The van der Waals surface area contributed by atoms with Gasteiger partial charge < -0.3 is 15.0 Å². The zero-order valence-corrected chi connectivity index (χ0v) is 14.8. The Morgan fingerprint density at radius 2 is 2.15 bits per heavy atom. The minimum Gasteiger partial charge on any atom is -0.478 e. The summed E-state index contributed by atoms with van der Waals surface area (Å²) in [5, 5.41) is 7.17. The van der Waals surface area contributed by atoms with E-state index in [9.17, 15) is 4.79 Å². The molecule has 0 aliphatic carbocycles. The van der Waals surface area contributed by atoms with Crippen LogP contribution in [0.3, 0.4) is 0 Å². The van der Waals surface area contributed by atoms with Crippen LogP contribution in [0.5, 0.6) is 5.88 Å². The van der Waals surface area contributed by atoms with Crippen LogP contribution in [0.25, 0.3) is 5.65 Å². The van der Waals surface area contributed by atoms with Gasteiger partial charge in [-0.2, -0.15) is 5.10 Å². The Morgan fingerprint density at radius 1 is 1.19 bits per heavy atom. The summed E-state index contributed by atoms with van der Waals surface area (Å²) in [5.74, 6) is 1.30. The van der Waals surface area contributed by atoms with E-state index in [1.165, 1.54) is 0 Å². The number of ether oxygens (including phenoxy) is 1. The molecule has 2 aliphatic heterocycles. The average molecular weight is 364 g/mol. The van der Waals surface area contributed by atoms with Gasteiger partial charge in [-0.1, -0.05) is 6.07 Å². The molecular weight excluding hydrogens is 344 g/mol. The van der Waals surface area contributed by atoms with Crippen LogP contribution in [0.4, 0.5) is 5.82 Å². The molecule has 5 rings (SSSR count). The molecule has 8 heteroatoms. The lowest BCUT2D eigenvalue weighted by molar-refractivity contribution is 0.0953. The van der Waals surface area contributed by atoms with Crippen LogP contribution < -0.4 is 15.0 Å². The molecule has 0 saturated carbocycles. The third kappa shape index (κ3) is 2.87. The van der Waals surface area contributed by atoms with Crippen molar-refractivity contribution in [2.75, 3.05) is 24.6 Å². The van der Waals surface area contributed by atoms with Crippen LogP contribution in [-0.2, 0) is 0 Å². The van der Waals surface area contributed by atoms with Crippen LogP contribution in [0, 0.1) is 0 Å². The van der Waals surface area contributed by atoms with E-state index in [0.29, 0.717) is 36.7 Å². The Morgan fingerprint density at radius 3 is 3.11 bits per heavy atom. The van der Waals surface area contributed by atoms with Crippen molar-refractivity contribution in [3.63, 3.8) is 0 Å². The van der Waals surface area contributed by atoms with E-state index >= 15 is 0 Å². The number of pyridine rings is 1. The highest BCUT2D eigenvalue weighted by molar-refractivity contribution is 5.99. The maximum absolute atomic E-state index is 12.5. The zero-order valence-electron chi connectivity index (χ0n) is 14.8. The quantitative estimate of drug-likeness (QED) is 0.657. The fourth-order valence-corrected chi connectivity index (χ4v) is 3.77. The molecule has 27 heavy (non-hydrogen) atoms. The predicted molar refractivity (Wildman–Crippen MR) is 99.0 cm³/mol. The molecule has 1 atom stereocenters. The van der Waals surface area contributed by atoms with Crippen LogP contribution in [0.1, 0.15) is 41.4 Å². The SMILES string of the molecule is O=C1NCCCOc2cccc(n2)C2CCCN2c2ccn3ncc1c3n2. The molecule has 3 aromatic rings. The van der Waals surface area contributed by atoms with E-state index in [4.69, 9.17) is 14.7 Å². The molecule has 1 saturated heterocycles. The second kappa shape index (κ2) is 6.53. The lowest BCUT2D eigenvalue weighted by Crippen LogP contribution is -2.26. The van der Waals surface area contributed by atoms with Gasteiger partial charge in [-0.25, -0.2) is 14.5 Å². The highest BCUT2D eigenvalue weighted by atomic mass is 16.5. The summed E-state index contributed by atoms with van der Waals surface area (Å²) < 4.78 is 7.42. The van der Waals surface area contributed by atoms with Crippen molar-refractivity contribution in [3.05, 3.63) is 47.9 Å². The number of amides is 1. The van der Waals surface area contributed by atoms with Gasteiger partial charge in [0.05, 0.1) is 24.5 Å². The number of rotatable bonds is 0. The topological polar surface area (TPSA) is 84.7 Å². The Balaban J connectivity index is 1.62. The first-order valence-corrected chi connectivity index (χ1v) is 9.28. The van der Waals surface area contributed by atoms with E-state index in [0.717, 1.165) is 30.9 Å². The van der Waals surface area contributed by atoms with E-state index < -0.39 is 0 Å². The summed E-state index contributed by atoms with van der Waals surface area (Å²) in [6.07, 6.45) is 6.20.